The number of hydrogen-bond donors (Lipinski definition) is 2. The number of imide groups is 1. The van der Waals surface area contributed by atoms with E-state index in [9.17, 15) is 9.59 Å². The number of piperazine rings is 1. The molecule has 52 heavy (non-hydrogen) atoms. The average Bonchev–Trinajstić information content (AvgIpc) is 3.85. The second-order valence-electron chi connectivity index (χ2n) is 14.5. The van der Waals surface area contributed by atoms with Crippen LogP contribution in [0, 0.1) is 6.92 Å². The largest absolute Gasteiger partial charge is 0.369 e. The van der Waals surface area contributed by atoms with Crippen molar-refractivity contribution in [2.45, 2.75) is 57.4 Å². The fourth-order valence-electron chi connectivity index (χ4n) is 8.00. The number of benzene rings is 2. The summed E-state index contributed by atoms with van der Waals surface area (Å²) in [4.78, 5) is 40.7. The first kappa shape index (κ1) is 34.0. The fourth-order valence-corrected chi connectivity index (χ4v) is 8.00. The standard InChI is InChI=1S/C40H48N10O2/c1-29-5-4-6-31(25-29)36-27-42-38(39-41-15-20-49(36)39)44-32-26-43-50(28-32)34-13-18-46(19-14-34)16-2-3-17-47-21-23-48(24-22-47)33-9-7-30(8-10-33)35-11-12-37(51)45-40(35)52/h4-10,15,20,25-28,34-35H,2-3,11-14,16-19,21-24H2,1H3,(H,42,44)(H,45,51,52). The van der Waals surface area contributed by atoms with Gasteiger partial charge in [0.25, 0.3) is 0 Å². The van der Waals surface area contributed by atoms with E-state index < -0.39 is 0 Å². The number of unbranched alkanes of at least 4 members (excludes halogenated alkanes) is 1. The molecule has 270 valence electrons. The van der Waals surface area contributed by atoms with Crippen LogP contribution in [0.4, 0.5) is 17.2 Å². The lowest BCUT2D eigenvalue weighted by molar-refractivity contribution is -0.134. The van der Waals surface area contributed by atoms with E-state index in [1.807, 2.05) is 24.8 Å². The van der Waals surface area contributed by atoms with Crippen LogP contribution in [0.2, 0.25) is 0 Å². The van der Waals surface area contributed by atoms with E-state index in [0.29, 0.717) is 18.9 Å². The van der Waals surface area contributed by atoms with Crippen LogP contribution < -0.4 is 15.5 Å². The van der Waals surface area contributed by atoms with Crippen LogP contribution in [-0.2, 0) is 9.59 Å². The topological polar surface area (TPSA) is 116 Å². The molecule has 1 atom stereocenters. The van der Waals surface area contributed by atoms with Gasteiger partial charge in [-0.3, -0.25) is 28.9 Å². The van der Waals surface area contributed by atoms with Gasteiger partial charge in [0.1, 0.15) is 0 Å². The third-order valence-corrected chi connectivity index (χ3v) is 11.0. The summed E-state index contributed by atoms with van der Waals surface area (Å²) in [7, 11) is 0. The number of likely N-dealkylation sites (tertiary alicyclic amines) is 1. The molecule has 0 saturated carbocycles. The number of hydrogen-bond acceptors (Lipinski definition) is 9. The van der Waals surface area contributed by atoms with Gasteiger partial charge in [-0.25, -0.2) is 9.97 Å². The molecule has 0 radical (unpaired) electrons. The first-order chi connectivity index (χ1) is 25.5. The Morgan fingerprint density at radius 1 is 0.865 bits per heavy atom. The molecule has 3 aliphatic heterocycles. The van der Waals surface area contributed by atoms with E-state index in [4.69, 9.17) is 10.1 Å². The molecule has 3 saturated heterocycles. The first-order valence-corrected chi connectivity index (χ1v) is 18.8. The monoisotopic (exact) mass is 700 g/mol. The zero-order valence-electron chi connectivity index (χ0n) is 30.0. The lowest BCUT2D eigenvalue weighted by Crippen LogP contribution is -2.46. The van der Waals surface area contributed by atoms with Crippen molar-refractivity contribution >= 4 is 34.7 Å². The summed E-state index contributed by atoms with van der Waals surface area (Å²) in [5, 5.41) is 10.7. The molecule has 1 unspecified atom stereocenters. The Kier molecular flexibility index (Phi) is 9.99. The second-order valence-corrected chi connectivity index (χ2v) is 14.5. The van der Waals surface area contributed by atoms with E-state index in [0.717, 1.165) is 99.2 Å². The molecule has 0 aliphatic carbocycles. The van der Waals surface area contributed by atoms with Crippen LogP contribution in [-0.4, -0.2) is 98.1 Å². The second kappa shape index (κ2) is 15.3. The van der Waals surface area contributed by atoms with Crippen LogP contribution in [0.15, 0.2) is 79.5 Å². The molecule has 2 N–H and O–H groups in total. The van der Waals surface area contributed by atoms with Crippen molar-refractivity contribution in [1.82, 2.24) is 39.3 Å². The van der Waals surface area contributed by atoms with Crippen LogP contribution >= 0.6 is 0 Å². The average molecular weight is 701 g/mol. The van der Waals surface area contributed by atoms with Gasteiger partial charge in [0.2, 0.25) is 11.8 Å². The van der Waals surface area contributed by atoms with Gasteiger partial charge >= 0.3 is 0 Å². The molecule has 0 bridgehead atoms. The molecular weight excluding hydrogens is 653 g/mol. The molecule has 2 amide bonds. The van der Waals surface area contributed by atoms with E-state index in [-0.39, 0.29) is 17.7 Å². The van der Waals surface area contributed by atoms with Crippen molar-refractivity contribution in [1.29, 1.82) is 0 Å². The Hall–Kier alpha value is -5.07. The number of nitrogens with zero attached hydrogens (tertiary/aromatic N) is 8. The number of amides is 2. The first-order valence-electron chi connectivity index (χ1n) is 18.8. The summed E-state index contributed by atoms with van der Waals surface area (Å²) >= 11 is 0. The lowest BCUT2D eigenvalue weighted by atomic mass is 9.90. The summed E-state index contributed by atoms with van der Waals surface area (Å²) in [6.45, 7) is 10.8. The highest BCUT2D eigenvalue weighted by atomic mass is 16.2. The molecular formula is C40H48N10O2. The van der Waals surface area contributed by atoms with Crippen LogP contribution in [0.1, 0.15) is 61.6 Å². The maximum Gasteiger partial charge on any atom is 0.234 e. The SMILES string of the molecule is Cc1cccc(-c2cnc(Nc3cnn(C4CCN(CCCCN5CCN(c6ccc(C7CCC(=O)NC7=O)cc6)CC5)CC4)c3)c3nccn23)c1. The number of rotatable bonds is 11. The molecule has 3 aliphatic rings. The van der Waals surface area contributed by atoms with Gasteiger partial charge in [-0.1, -0.05) is 35.9 Å². The van der Waals surface area contributed by atoms with Gasteiger partial charge in [-0.05, 0) is 75.9 Å². The molecule has 12 heteroatoms. The number of fused-ring (bicyclic) bond motifs is 1. The molecule has 6 heterocycles. The van der Waals surface area contributed by atoms with Gasteiger partial charge in [0.05, 0.1) is 35.7 Å². The van der Waals surface area contributed by atoms with Crippen molar-refractivity contribution in [2.24, 2.45) is 0 Å². The number of carbonyl (C=O) groups excluding carboxylic acids is 2. The molecule has 3 aromatic heterocycles. The fraction of sp³-hybridized carbons (Fsp3) is 0.425. The molecule has 0 spiro atoms. The molecule has 12 nitrogen and oxygen atoms in total. The molecule has 5 aromatic rings. The predicted octanol–water partition coefficient (Wildman–Crippen LogP) is 5.40. The number of nitrogens with one attached hydrogen (secondary N) is 2. The van der Waals surface area contributed by atoms with Crippen molar-refractivity contribution in [3.8, 4) is 11.3 Å². The normalized spacial score (nSPS) is 19.3. The number of piperidine rings is 2. The number of carbonyl (C=O) groups is 2. The van der Waals surface area contributed by atoms with Crippen LogP contribution in [0.5, 0.6) is 0 Å². The van der Waals surface area contributed by atoms with Crippen molar-refractivity contribution < 1.29 is 9.59 Å². The highest BCUT2D eigenvalue weighted by Crippen LogP contribution is 2.29. The summed E-state index contributed by atoms with van der Waals surface area (Å²) < 4.78 is 4.20. The van der Waals surface area contributed by atoms with E-state index in [1.54, 1.807) is 0 Å². The smallest absolute Gasteiger partial charge is 0.234 e. The van der Waals surface area contributed by atoms with Gasteiger partial charge in [0.15, 0.2) is 11.5 Å². The van der Waals surface area contributed by atoms with E-state index >= 15 is 0 Å². The molecule has 8 rings (SSSR count). The van der Waals surface area contributed by atoms with Gasteiger partial charge in [0, 0.05) is 75.5 Å². The van der Waals surface area contributed by atoms with Crippen molar-refractivity contribution in [3.63, 3.8) is 0 Å². The van der Waals surface area contributed by atoms with Crippen LogP contribution in [0.25, 0.3) is 16.9 Å². The summed E-state index contributed by atoms with van der Waals surface area (Å²) in [6.07, 6.45) is 15.3. The Labute approximate surface area is 304 Å². The minimum atomic E-state index is -0.226. The maximum atomic E-state index is 12.2. The Balaban J connectivity index is 0.746. The maximum absolute atomic E-state index is 12.2. The zero-order valence-corrected chi connectivity index (χ0v) is 30.0. The third kappa shape index (κ3) is 7.58. The Morgan fingerprint density at radius 3 is 2.38 bits per heavy atom. The number of aryl methyl sites for hydroxylation is 1. The number of aromatic nitrogens is 5. The molecule has 3 fully saturated rings. The van der Waals surface area contributed by atoms with E-state index in [1.165, 1.54) is 24.1 Å². The summed E-state index contributed by atoms with van der Waals surface area (Å²) in [5.41, 5.74) is 7.25. The number of anilines is 3. The van der Waals surface area contributed by atoms with Gasteiger partial charge < -0.3 is 15.1 Å². The zero-order chi connectivity index (χ0) is 35.4. The van der Waals surface area contributed by atoms with Crippen LogP contribution in [0.3, 0.4) is 0 Å². The minimum Gasteiger partial charge on any atom is -0.369 e. The third-order valence-electron chi connectivity index (χ3n) is 11.0. The van der Waals surface area contributed by atoms with Gasteiger partial charge in [-0.15, -0.1) is 0 Å². The molecule has 2 aromatic carbocycles. The lowest BCUT2D eigenvalue weighted by Gasteiger charge is -2.36. The quantitative estimate of drug-likeness (QED) is 0.138. The van der Waals surface area contributed by atoms with Gasteiger partial charge in [-0.2, -0.15) is 5.10 Å². The Bertz CT molecular complexity index is 2000. The highest BCUT2D eigenvalue weighted by molar-refractivity contribution is 6.01. The number of imidazole rings is 1. The highest BCUT2D eigenvalue weighted by Gasteiger charge is 2.28. The predicted molar refractivity (Wildman–Crippen MR) is 203 cm³/mol. The van der Waals surface area contributed by atoms with Crippen molar-refractivity contribution in [2.75, 3.05) is 62.6 Å². The Morgan fingerprint density at radius 2 is 1.63 bits per heavy atom. The van der Waals surface area contributed by atoms with Crippen molar-refractivity contribution in [3.05, 3.63) is 90.6 Å². The minimum absolute atomic E-state index is 0.169. The summed E-state index contributed by atoms with van der Waals surface area (Å²) in [5.74, 6) is 0.149. The van der Waals surface area contributed by atoms with E-state index in [2.05, 4.69) is 101 Å². The summed E-state index contributed by atoms with van der Waals surface area (Å²) in [6, 6.07) is 17.2.